The van der Waals surface area contributed by atoms with Crippen molar-refractivity contribution in [3.63, 3.8) is 0 Å². The van der Waals surface area contributed by atoms with Gasteiger partial charge in [-0.15, -0.1) is 0 Å². The molecule has 2 amide bonds. The number of nitrogens with one attached hydrogen (secondary N) is 1. The summed E-state index contributed by atoms with van der Waals surface area (Å²) in [6, 6.07) is 25.5. The molecule has 0 aliphatic carbocycles. The van der Waals surface area contributed by atoms with Crippen molar-refractivity contribution in [3.8, 4) is 0 Å². The van der Waals surface area contributed by atoms with E-state index in [2.05, 4.69) is 72.6 Å². The minimum absolute atomic E-state index is 0.0201. The fraction of sp³-hybridized carbons (Fsp3) is 0.296. The van der Waals surface area contributed by atoms with Crippen molar-refractivity contribution in [2.75, 3.05) is 31.5 Å². The molecule has 3 aromatic carbocycles. The zero-order valence-electron chi connectivity index (χ0n) is 18.6. The number of rotatable bonds is 4. The smallest absolute Gasteiger partial charge is 0.321 e. The SMILES string of the molecule is Cc1cccc(NC(=O)N2CCN([C@H](c3ccccc3)c3cc(C)ccc3C)CC2)c1. The molecule has 0 spiro atoms. The number of nitrogens with zero attached hydrogens (tertiary/aromatic N) is 2. The first kappa shape index (κ1) is 21.1. The normalized spacial score (nSPS) is 15.5. The topological polar surface area (TPSA) is 35.6 Å². The fourth-order valence-electron chi connectivity index (χ4n) is 4.39. The number of piperazine rings is 1. The molecule has 0 aromatic heterocycles. The van der Waals surface area contributed by atoms with E-state index in [-0.39, 0.29) is 12.1 Å². The molecule has 31 heavy (non-hydrogen) atoms. The molecule has 1 fully saturated rings. The Morgan fingerprint density at radius 1 is 0.806 bits per heavy atom. The predicted molar refractivity (Wildman–Crippen MR) is 128 cm³/mol. The molecule has 1 heterocycles. The van der Waals surface area contributed by atoms with E-state index in [4.69, 9.17) is 0 Å². The van der Waals surface area contributed by atoms with Gasteiger partial charge in [-0.2, -0.15) is 0 Å². The van der Waals surface area contributed by atoms with Gasteiger partial charge in [0.05, 0.1) is 6.04 Å². The van der Waals surface area contributed by atoms with E-state index in [0.29, 0.717) is 13.1 Å². The number of aryl methyl sites for hydroxylation is 3. The highest BCUT2D eigenvalue weighted by Gasteiger charge is 2.29. The molecule has 1 aliphatic heterocycles. The van der Waals surface area contributed by atoms with Crippen molar-refractivity contribution in [1.82, 2.24) is 9.80 Å². The Hall–Kier alpha value is -3.11. The molecule has 4 heteroatoms. The van der Waals surface area contributed by atoms with Crippen molar-refractivity contribution in [3.05, 3.63) is 101 Å². The molecule has 0 unspecified atom stereocenters. The summed E-state index contributed by atoms with van der Waals surface area (Å²) in [6.45, 7) is 9.49. The lowest BCUT2D eigenvalue weighted by Crippen LogP contribution is -2.51. The van der Waals surface area contributed by atoms with E-state index in [9.17, 15) is 4.79 Å². The fourth-order valence-corrected chi connectivity index (χ4v) is 4.39. The van der Waals surface area contributed by atoms with Gasteiger partial charge < -0.3 is 10.2 Å². The summed E-state index contributed by atoms with van der Waals surface area (Å²) < 4.78 is 0. The lowest BCUT2D eigenvalue weighted by molar-refractivity contribution is 0.126. The van der Waals surface area contributed by atoms with Gasteiger partial charge in [-0.25, -0.2) is 4.79 Å². The molecule has 1 aliphatic rings. The lowest BCUT2D eigenvalue weighted by atomic mass is 9.92. The van der Waals surface area contributed by atoms with Crippen LogP contribution in [0.4, 0.5) is 10.5 Å². The second-order valence-electron chi connectivity index (χ2n) is 8.50. The number of amides is 2. The number of benzene rings is 3. The van der Waals surface area contributed by atoms with E-state index in [1.165, 1.54) is 22.3 Å². The minimum Gasteiger partial charge on any atom is -0.322 e. The molecule has 1 N–H and O–H groups in total. The molecular formula is C27H31N3O. The number of carbonyl (C=O) groups excluding carboxylic acids is 1. The number of carbonyl (C=O) groups is 1. The maximum absolute atomic E-state index is 12.8. The average molecular weight is 414 g/mol. The van der Waals surface area contributed by atoms with E-state index >= 15 is 0 Å². The van der Waals surface area contributed by atoms with Crippen LogP contribution in [0.15, 0.2) is 72.8 Å². The monoisotopic (exact) mass is 413 g/mol. The standard InChI is InChI=1S/C27H31N3O/c1-20-8-7-11-24(18-20)28-27(31)30-16-14-29(15-17-30)26(23-9-5-4-6-10-23)25-19-21(2)12-13-22(25)3/h4-13,18-19,26H,14-17H2,1-3H3,(H,28,31)/t26-/m1/s1. The molecule has 0 radical (unpaired) electrons. The highest BCUT2D eigenvalue weighted by Crippen LogP contribution is 2.32. The van der Waals surface area contributed by atoms with E-state index in [1.54, 1.807) is 0 Å². The summed E-state index contributed by atoms with van der Waals surface area (Å²) >= 11 is 0. The first-order valence-corrected chi connectivity index (χ1v) is 11.0. The van der Waals surface area contributed by atoms with Gasteiger partial charge in [0.2, 0.25) is 0 Å². The van der Waals surface area contributed by atoms with Crippen LogP contribution in [0.5, 0.6) is 0 Å². The zero-order valence-corrected chi connectivity index (χ0v) is 18.6. The Morgan fingerprint density at radius 3 is 2.23 bits per heavy atom. The number of anilines is 1. The van der Waals surface area contributed by atoms with E-state index in [0.717, 1.165) is 24.3 Å². The Morgan fingerprint density at radius 2 is 1.52 bits per heavy atom. The molecule has 4 rings (SSSR count). The largest absolute Gasteiger partial charge is 0.322 e. The third kappa shape index (κ3) is 4.97. The third-order valence-electron chi connectivity index (χ3n) is 6.08. The molecule has 0 bridgehead atoms. The van der Waals surface area contributed by atoms with Gasteiger partial charge in [-0.1, -0.05) is 66.2 Å². The molecule has 1 saturated heterocycles. The second-order valence-corrected chi connectivity index (χ2v) is 8.50. The van der Waals surface area contributed by atoms with Crippen LogP contribution in [0.2, 0.25) is 0 Å². The highest BCUT2D eigenvalue weighted by atomic mass is 16.2. The number of urea groups is 1. The van der Waals surface area contributed by atoms with Gasteiger partial charge in [-0.3, -0.25) is 4.90 Å². The Balaban J connectivity index is 1.50. The van der Waals surface area contributed by atoms with Gasteiger partial charge in [0.25, 0.3) is 0 Å². The van der Waals surface area contributed by atoms with E-state index < -0.39 is 0 Å². The van der Waals surface area contributed by atoms with Crippen molar-refractivity contribution >= 4 is 11.7 Å². The van der Waals surface area contributed by atoms with Gasteiger partial charge in [0.1, 0.15) is 0 Å². The Kier molecular flexibility index (Phi) is 6.38. The maximum Gasteiger partial charge on any atom is 0.321 e. The minimum atomic E-state index is -0.0201. The molecule has 3 aromatic rings. The zero-order chi connectivity index (χ0) is 21.8. The van der Waals surface area contributed by atoms with Crippen molar-refractivity contribution in [2.24, 2.45) is 0 Å². The van der Waals surface area contributed by atoms with Crippen LogP contribution >= 0.6 is 0 Å². The number of hydrogen-bond acceptors (Lipinski definition) is 2. The van der Waals surface area contributed by atoms with Crippen LogP contribution in [0.3, 0.4) is 0 Å². The summed E-state index contributed by atoms with van der Waals surface area (Å²) in [5.74, 6) is 0. The van der Waals surface area contributed by atoms with E-state index in [1.807, 2.05) is 36.1 Å². The third-order valence-corrected chi connectivity index (χ3v) is 6.08. The summed E-state index contributed by atoms with van der Waals surface area (Å²) in [6.07, 6.45) is 0. The Bertz CT molecular complexity index is 1040. The van der Waals surface area contributed by atoms with Crippen LogP contribution in [0.25, 0.3) is 0 Å². The molecule has 4 nitrogen and oxygen atoms in total. The summed E-state index contributed by atoms with van der Waals surface area (Å²) in [7, 11) is 0. The predicted octanol–water partition coefficient (Wildman–Crippen LogP) is 5.55. The van der Waals surface area contributed by atoms with Crippen LogP contribution in [0, 0.1) is 20.8 Å². The maximum atomic E-state index is 12.8. The summed E-state index contributed by atoms with van der Waals surface area (Å²) in [5.41, 5.74) is 7.22. The van der Waals surface area contributed by atoms with Crippen LogP contribution in [-0.2, 0) is 0 Å². The highest BCUT2D eigenvalue weighted by molar-refractivity contribution is 5.89. The van der Waals surface area contributed by atoms with Gasteiger partial charge in [-0.05, 0) is 55.2 Å². The average Bonchev–Trinajstić information content (AvgIpc) is 2.77. The Labute approximate surface area is 185 Å². The first-order chi connectivity index (χ1) is 15.0. The van der Waals surface area contributed by atoms with Crippen LogP contribution < -0.4 is 5.32 Å². The van der Waals surface area contributed by atoms with Crippen LogP contribution in [0.1, 0.15) is 33.9 Å². The first-order valence-electron chi connectivity index (χ1n) is 11.0. The second kappa shape index (κ2) is 9.36. The molecule has 160 valence electrons. The molecule has 0 saturated carbocycles. The van der Waals surface area contributed by atoms with Gasteiger partial charge >= 0.3 is 6.03 Å². The van der Waals surface area contributed by atoms with Crippen molar-refractivity contribution in [2.45, 2.75) is 26.8 Å². The van der Waals surface area contributed by atoms with Crippen molar-refractivity contribution in [1.29, 1.82) is 0 Å². The quantitative estimate of drug-likeness (QED) is 0.609. The van der Waals surface area contributed by atoms with Gasteiger partial charge in [0.15, 0.2) is 0 Å². The summed E-state index contributed by atoms with van der Waals surface area (Å²) in [5, 5.41) is 3.04. The van der Waals surface area contributed by atoms with Crippen molar-refractivity contribution < 1.29 is 4.79 Å². The number of hydrogen-bond donors (Lipinski definition) is 1. The molecule has 1 atom stereocenters. The summed E-state index contributed by atoms with van der Waals surface area (Å²) in [4.78, 5) is 17.2. The molecular weight excluding hydrogens is 382 g/mol. The van der Waals surface area contributed by atoms with Gasteiger partial charge in [0, 0.05) is 31.9 Å². The lowest BCUT2D eigenvalue weighted by Gasteiger charge is -2.40. The van der Waals surface area contributed by atoms with Crippen LogP contribution in [-0.4, -0.2) is 42.0 Å².